The highest BCUT2D eigenvalue weighted by molar-refractivity contribution is 5.92. The quantitative estimate of drug-likeness (QED) is 0.727. The molecule has 0 aliphatic carbocycles. The summed E-state index contributed by atoms with van der Waals surface area (Å²) in [6.45, 7) is 7.25. The molecule has 1 rings (SSSR count). The number of hydrogen-bond acceptors (Lipinski definition) is 3. The summed E-state index contributed by atoms with van der Waals surface area (Å²) in [5, 5.41) is 15.9. The molecule has 19 heavy (non-hydrogen) atoms. The van der Waals surface area contributed by atoms with Crippen LogP contribution in [-0.4, -0.2) is 22.2 Å². The van der Waals surface area contributed by atoms with Crippen molar-refractivity contribution >= 4 is 11.9 Å². The molecule has 0 aliphatic rings. The maximum Gasteiger partial charge on any atom is 0.317 e. The number of hydrogen-bond donors (Lipinski definition) is 3. The van der Waals surface area contributed by atoms with Crippen molar-refractivity contribution in [2.45, 2.75) is 33.2 Å². The molecule has 106 valence electrons. The van der Waals surface area contributed by atoms with E-state index in [2.05, 4.69) is 19.1 Å². The Kier molecular flexibility index (Phi) is 6.21. The lowest BCUT2D eigenvalue weighted by Gasteiger charge is -2.21. The molecule has 0 spiro atoms. The minimum Gasteiger partial charge on any atom is -0.481 e. The highest BCUT2D eigenvalue weighted by atomic mass is 16.4. The van der Waals surface area contributed by atoms with Crippen LogP contribution in [0.15, 0.2) is 24.3 Å². The maximum atomic E-state index is 9.76. The number of nitrogens with two attached hydrogens (primary N) is 1. The van der Waals surface area contributed by atoms with Crippen molar-refractivity contribution < 1.29 is 19.8 Å². The van der Waals surface area contributed by atoms with Crippen LogP contribution < -0.4 is 5.73 Å². The van der Waals surface area contributed by atoms with Crippen molar-refractivity contribution in [2.75, 3.05) is 0 Å². The zero-order valence-electron chi connectivity index (χ0n) is 11.7. The second kappa shape index (κ2) is 6.89. The Morgan fingerprint density at radius 1 is 1.16 bits per heavy atom. The van der Waals surface area contributed by atoms with Gasteiger partial charge in [-0.2, -0.15) is 0 Å². The van der Waals surface area contributed by atoms with E-state index in [9.17, 15) is 9.59 Å². The van der Waals surface area contributed by atoms with Crippen LogP contribution in [0.3, 0.4) is 0 Å². The Morgan fingerprint density at radius 3 is 1.79 bits per heavy atom. The molecule has 0 amide bonds. The normalized spacial score (nSPS) is 10.6. The van der Waals surface area contributed by atoms with Crippen LogP contribution in [-0.2, 0) is 15.1 Å². The van der Waals surface area contributed by atoms with Crippen molar-refractivity contribution in [3.63, 3.8) is 0 Å². The van der Waals surface area contributed by atoms with Crippen molar-refractivity contribution in [3.8, 4) is 0 Å². The lowest BCUT2D eigenvalue weighted by molar-refractivity contribution is -0.153. The first-order valence-corrected chi connectivity index (χ1v) is 5.88. The molecule has 0 atom stereocenters. The summed E-state index contributed by atoms with van der Waals surface area (Å²) >= 11 is 0. The smallest absolute Gasteiger partial charge is 0.317 e. The summed E-state index contributed by atoms with van der Waals surface area (Å²) in [5.41, 5.74) is 8.23. The van der Waals surface area contributed by atoms with Crippen LogP contribution in [0.25, 0.3) is 0 Å². The minimum atomic E-state index is -1.31. The number of carboxylic acid groups (broad SMARTS) is 2. The molecule has 0 aromatic heterocycles. The van der Waals surface area contributed by atoms with Crippen molar-refractivity contribution in [1.29, 1.82) is 0 Å². The van der Waals surface area contributed by atoms with Gasteiger partial charge in [-0.15, -0.1) is 0 Å². The second-order valence-corrected chi connectivity index (χ2v) is 4.93. The largest absolute Gasteiger partial charge is 0.481 e. The third-order valence-corrected chi connectivity index (χ3v) is 2.58. The summed E-state index contributed by atoms with van der Waals surface area (Å²) in [6, 6.07) is 8.22. The highest BCUT2D eigenvalue weighted by Crippen LogP contribution is 2.19. The molecule has 4 N–H and O–H groups in total. The van der Waals surface area contributed by atoms with Crippen LogP contribution in [0, 0.1) is 12.8 Å². The number of aryl methyl sites for hydroxylation is 1. The SMILES string of the molecule is CC(C(=O)O)C(=O)O.Cc1ccccc1C(C)(C)N. The fraction of sp³-hybridized carbons (Fsp3) is 0.429. The van der Waals surface area contributed by atoms with Gasteiger partial charge in [-0.3, -0.25) is 9.59 Å². The van der Waals surface area contributed by atoms with Crippen LogP contribution in [0.2, 0.25) is 0 Å². The average Bonchev–Trinajstić information content (AvgIpc) is 2.27. The fourth-order valence-electron chi connectivity index (χ4n) is 1.40. The molecule has 0 unspecified atom stereocenters. The molecule has 5 heteroatoms. The number of carbonyl (C=O) groups is 2. The highest BCUT2D eigenvalue weighted by Gasteiger charge is 2.18. The monoisotopic (exact) mass is 267 g/mol. The molecule has 0 radical (unpaired) electrons. The van der Waals surface area contributed by atoms with Crippen LogP contribution in [0.1, 0.15) is 31.9 Å². The molecule has 0 heterocycles. The van der Waals surface area contributed by atoms with Crippen LogP contribution >= 0.6 is 0 Å². The minimum absolute atomic E-state index is 0.217. The van der Waals surface area contributed by atoms with E-state index in [0.29, 0.717) is 0 Å². The van der Waals surface area contributed by atoms with E-state index >= 15 is 0 Å². The predicted octanol–water partition coefficient (Wildman–Crippen LogP) is 1.98. The molecule has 5 nitrogen and oxygen atoms in total. The topological polar surface area (TPSA) is 101 Å². The first-order chi connectivity index (χ1) is 8.57. The molecule has 0 saturated carbocycles. The van der Waals surface area contributed by atoms with Gasteiger partial charge in [-0.25, -0.2) is 0 Å². The molecule has 0 aliphatic heterocycles. The van der Waals surface area contributed by atoms with Gasteiger partial charge in [0.15, 0.2) is 5.92 Å². The predicted molar refractivity (Wildman–Crippen MR) is 72.8 cm³/mol. The number of carboxylic acids is 2. The Morgan fingerprint density at radius 2 is 1.58 bits per heavy atom. The molecular weight excluding hydrogens is 246 g/mol. The van der Waals surface area contributed by atoms with Crippen LogP contribution in [0.4, 0.5) is 0 Å². The summed E-state index contributed by atoms with van der Waals surface area (Å²) in [6.07, 6.45) is 0. The van der Waals surface area contributed by atoms with E-state index in [1.54, 1.807) is 0 Å². The van der Waals surface area contributed by atoms with Crippen LogP contribution in [0.5, 0.6) is 0 Å². The molecule has 0 saturated heterocycles. The fourth-order valence-corrected chi connectivity index (χ4v) is 1.40. The summed E-state index contributed by atoms with van der Waals surface area (Å²) < 4.78 is 0. The summed E-state index contributed by atoms with van der Waals surface area (Å²) in [5.74, 6) is -3.91. The zero-order valence-corrected chi connectivity index (χ0v) is 11.7. The third-order valence-electron chi connectivity index (χ3n) is 2.58. The van der Waals surface area contributed by atoms with E-state index in [1.807, 2.05) is 26.0 Å². The summed E-state index contributed by atoms with van der Waals surface area (Å²) in [7, 11) is 0. The van der Waals surface area contributed by atoms with Gasteiger partial charge >= 0.3 is 11.9 Å². The van der Waals surface area contributed by atoms with Crippen molar-refractivity contribution in [3.05, 3.63) is 35.4 Å². The Labute approximate surface area is 113 Å². The molecule has 0 fully saturated rings. The standard InChI is InChI=1S/C10H15N.C4H6O4/c1-8-6-4-5-7-9(8)10(2,3)11;1-2(3(5)6)4(7)8/h4-7H,11H2,1-3H3;2H,1H3,(H,5,6)(H,7,8). The van der Waals surface area contributed by atoms with E-state index in [0.717, 1.165) is 6.92 Å². The lowest BCUT2D eigenvalue weighted by atomic mass is 9.92. The van der Waals surface area contributed by atoms with Gasteiger partial charge in [0.25, 0.3) is 0 Å². The Hall–Kier alpha value is -1.88. The maximum absolute atomic E-state index is 9.76. The average molecular weight is 267 g/mol. The Balaban J connectivity index is 0.000000362. The van der Waals surface area contributed by atoms with Crippen molar-refractivity contribution in [1.82, 2.24) is 0 Å². The molecule has 1 aromatic carbocycles. The van der Waals surface area contributed by atoms with Gasteiger partial charge < -0.3 is 15.9 Å². The van der Waals surface area contributed by atoms with E-state index in [1.165, 1.54) is 11.1 Å². The lowest BCUT2D eigenvalue weighted by Crippen LogP contribution is -2.29. The van der Waals surface area contributed by atoms with Gasteiger partial charge in [0.2, 0.25) is 0 Å². The Bertz CT molecular complexity index is 435. The molecular formula is C14H21NO4. The third kappa shape index (κ3) is 6.01. The molecule has 0 bridgehead atoms. The van der Waals surface area contributed by atoms with Gasteiger partial charge in [-0.05, 0) is 38.8 Å². The second-order valence-electron chi connectivity index (χ2n) is 4.93. The van der Waals surface area contributed by atoms with E-state index in [-0.39, 0.29) is 5.54 Å². The molecule has 1 aromatic rings. The number of rotatable bonds is 3. The van der Waals surface area contributed by atoms with Gasteiger partial charge in [-0.1, -0.05) is 24.3 Å². The zero-order chi connectivity index (χ0) is 15.2. The summed E-state index contributed by atoms with van der Waals surface area (Å²) in [4.78, 5) is 19.5. The van der Waals surface area contributed by atoms with E-state index in [4.69, 9.17) is 15.9 Å². The van der Waals surface area contributed by atoms with Gasteiger partial charge in [0, 0.05) is 5.54 Å². The number of aliphatic carboxylic acids is 2. The van der Waals surface area contributed by atoms with E-state index < -0.39 is 17.9 Å². The van der Waals surface area contributed by atoms with Gasteiger partial charge in [0.05, 0.1) is 0 Å². The number of benzene rings is 1. The first-order valence-electron chi connectivity index (χ1n) is 5.88. The van der Waals surface area contributed by atoms with Crippen molar-refractivity contribution in [2.24, 2.45) is 11.7 Å². The first kappa shape index (κ1) is 17.1. The van der Waals surface area contributed by atoms with Gasteiger partial charge in [0.1, 0.15) is 0 Å².